The summed E-state index contributed by atoms with van der Waals surface area (Å²) in [5, 5.41) is 9.63. The summed E-state index contributed by atoms with van der Waals surface area (Å²) >= 11 is 12.9. The van der Waals surface area contributed by atoms with Crippen molar-refractivity contribution in [3.8, 4) is 5.75 Å². The standard InChI is InChI=1S/C35H34Cl2FN3O6S/c36-26-11-16-30(31(37)23-26)32-35(18-22-48(44,45)29-5-2-1-3-6-29,34(43)41-39-19-17-24-7-12-27(38)13-8-24)40-33(47-32)25-9-14-28(15-10-25)46-21-4-20-42/h1-3,5-16,23,32,39,42H,4,17-22H2,(H,41,43)/t32-,35-/m0/s1. The molecule has 9 nitrogen and oxygen atoms in total. The molecule has 1 heterocycles. The summed E-state index contributed by atoms with van der Waals surface area (Å²) in [6.07, 6.45) is -0.448. The largest absolute Gasteiger partial charge is 0.494 e. The number of hydrazine groups is 1. The van der Waals surface area contributed by atoms with Gasteiger partial charge >= 0.3 is 0 Å². The minimum Gasteiger partial charge on any atom is -0.494 e. The number of nitrogens with one attached hydrogen (secondary N) is 2. The quantitative estimate of drug-likeness (QED) is 0.104. The highest BCUT2D eigenvalue weighted by atomic mass is 35.5. The van der Waals surface area contributed by atoms with Crippen molar-refractivity contribution in [1.29, 1.82) is 0 Å². The second-order valence-corrected chi connectivity index (χ2v) is 14.0. The summed E-state index contributed by atoms with van der Waals surface area (Å²) in [5.74, 6) is -0.754. The van der Waals surface area contributed by atoms with E-state index in [1.165, 1.54) is 30.3 Å². The molecule has 0 unspecified atom stereocenters. The molecule has 5 rings (SSSR count). The molecule has 4 aromatic rings. The van der Waals surface area contributed by atoms with Crippen molar-refractivity contribution < 1.29 is 32.2 Å². The SMILES string of the molecule is O=C(NNCCc1ccc(F)cc1)[C@@]1(CCS(=O)(=O)c2ccccc2)N=C(c2ccc(OCCCO)cc2)O[C@H]1c1ccc(Cl)cc1Cl. The van der Waals surface area contributed by atoms with E-state index in [4.69, 9.17) is 42.8 Å². The van der Waals surface area contributed by atoms with Gasteiger partial charge in [0, 0.05) is 47.2 Å². The number of benzene rings is 4. The monoisotopic (exact) mass is 713 g/mol. The maximum atomic E-state index is 14.3. The van der Waals surface area contributed by atoms with Crippen LogP contribution in [0.1, 0.15) is 35.6 Å². The zero-order valence-corrected chi connectivity index (χ0v) is 28.1. The molecule has 0 spiro atoms. The molecule has 252 valence electrons. The van der Waals surface area contributed by atoms with Crippen molar-refractivity contribution in [3.63, 3.8) is 0 Å². The Morgan fingerprint density at radius 3 is 2.42 bits per heavy atom. The molecule has 0 fully saturated rings. The fraction of sp³-hybridized carbons (Fsp3) is 0.257. The third kappa shape index (κ3) is 8.53. The lowest BCUT2D eigenvalue weighted by atomic mass is 9.85. The van der Waals surface area contributed by atoms with Crippen molar-refractivity contribution in [2.24, 2.45) is 4.99 Å². The predicted octanol–water partition coefficient (Wildman–Crippen LogP) is 5.88. The number of ether oxygens (including phenoxy) is 2. The predicted molar refractivity (Wildman–Crippen MR) is 183 cm³/mol. The molecule has 3 N–H and O–H groups in total. The minimum atomic E-state index is -3.85. The van der Waals surface area contributed by atoms with E-state index in [0.717, 1.165) is 5.56 Å². The Morgan fingerprint density at radius 2 is 1.73 bits per heavy atom. The Labute approximate surface area is 288 Å². The lowest BCUT2D eigenvalue weighted by molar-refractivity contribution is -0.130. The molecular formula is C35H34Cl2FN3O6S. The van der Waals surface area contributed by atoms with Crippen LogP contribution in [0.5, 0.6) is 5.75 Å². The zero-order chi connectivity index (χ0) is 34.1. The van der Waals surface area contributed by atoms with Gasteiger partial charge in [-0.15, -0.1) is 0 Å². The molecule has 4 aromatic carbocycles. The Balaban J connectivity index is 1.50. The summed E-state index contributed by atoms with van der Waals surface area (Å²) in [6.45, 7) is 0.623. The molecule has 0 aliphatic carbocycles. The highest BCUT2D eigenvalue weighted by Gasteiger charge is 2.54. The highest BCUT2D eigenvalue weighted by molar-refractivity contribution is 7.91. The normalized spacial score (nSPS) is 17.4. The van der Waals surface area contributed by atoms with Crippen LogP contribution in [0.4, 0.5) is 4.39 Å². The van der Waals surface area contributed by atoms with Crippen LogP contribution >= 0.6 is 23.2 Å². The number of aliphatic hydroxyl groups is 1. The van der Waals surface area contributed by atoms with Crippen LogP contribution in [0.3, 0.4) is 0 Å². The van der Waals surface area contributed by atoms with Crippen molar-refractivity contribution in [2.75, 3.05) is 25.5 Å². The number of carbonyl (C=O) groups excluding carboxylic acids is 1. The molecule has 1 aliphatic rings. The van der Waals surface area contributed by atoms with Crippen LogP contribution in [0.2, 0.25) is 10.0 Å². The van der Waals surface area contributed by atoms with Crippen LogP contribution in [-0.2, 0) is 25.8 Å². The summed E-state index contributed by atoms with van der Waals surface area (Å²) < 4.78 is 52.4. The molecule has 0 aromatic heterocycles. The van der Waals surface area contributed by atoms with Gasteiger partial charge in [-0.2, -0.15) is 0 Å². The first-order chi connectivity index (χ1) is 23.1. The molecular weight excluding hydrogens is 680 g/mol. The number of nitrogens with zero attached hydrogens (tertiary/aromatic N) is 1. The molecule has 0 saturated heterocycles. The minimum absolute atomic E-state index is 0.00259. The summed E-state index contributed by atoms with van der Waals surface area (Å²) in [4.78, 5) is 19.2. The Hall–Kier alpha value is -4.00. The number of rotatable bonds is 15. The van der Waals surface area contributed by atoms with Gasteiger partial charge in [0.1, 0.15) is 11.6 Å². The average Bonchev–Trinajstić information content (AvgIpc) is 3.48. The topological polar surface area (TPSA) is 126 Å². The molecule has 0 radical (unpaired) electrons. The number of halogens is 3. The first-order valence-electron chi connectivity index (χ1n) is 15.2. The third-order valence-corrected chi connectivity index (χ3v) is 10.1. The van der Waals surface area contributed by atoms with E-state index in [9.17, 15) is 17.6 Å². The first kappa shape index (κ1) is 35.3. The molecule has 13 heteroatoms. The Bertz CT molecular complexity index is 1840. The number of aliphatic imine (C=N–C) groups is 1. The molecule has 1 aliphatic heterocycles. The lowest BCUT2D eigenvalue weighted by Gasteiger charge is -2.31. The maximum absolute atomic E-state index is 14.3. The van der Waals surface area contributed by atoms with Crippen LogP contribution < -0.4 is 15.6 Å². The molecule has 1 amide bonds. The van der Waals surface area contributed by atoms with Gasteiger partial charge < -0.3 is 14.6 Å². The second-order valence-electron chi connectivity index (χ2n) is 11.1. The number of hydrogen-bond donors (Lipinski definition) is 3. The summed E-state index contributed by atoms with van der Waals surface area (Å²) in [5.41, 5.74) is 5.57. The molecule has 2 atom stereocenters. The summed E-state index contributed by atoms with van der Waals surface area (Å²) in [6, 6.07) is 25.6. The van der Waals surface area contributed by atoms with E-state index in [-0.39, 0.29) is 41.2 Å². The highest BCUT2D eigenvalue weighted by Crippen LogP contribution is 2.45. The van der Waals surface area contributed by atoms with Crippen molar-refractivity contribution in [3.05, 3.63) is 130 Å². The lowest BCUT2D eigenvalue weighted by Crippen LogP contribution is -2.53. The van der Waals surface area contributed by atoms with Gasteiger partial charge in [-0.1, -0.05) is 59.6 Å². The molecule has 48 heavy (non-hydrogen) atoms. The van der Waals surface area contributed by atoms with E-state index in [1.807, 2.05) is 0 Å². The van der Waals surface area contributed by atoms with Gasteiger partial charge in [-0.05, 0) is 72.6 Å². The number of sulfone groups is 1. The number of carbonyl (C=O) groups is 1. The van der Waals surface area contributed by atoms with Crippen LogP contribution in [0.15, 0.2) is 107 Å². The number of aliphatic hydroxyl groups excluding tert-OH is 1. The van der Waals surface area contributed by atoms with E-state index < -0.39 is 33.1 Å². The van der Waals surface area contributed by atoms with Crippen molar-refractivity contribution >= 4 is 44.8 Å². The first-order valence-corrected chi connectivity index (χ1v) is 17.6. The third-order valence-electron chi connectivity index (χ3n) is 7.78. The van der Waals surface area contributed by atoms with E-state index in [0.29, 0.717) is 41.3 Å². The van der Waals surface area contributed by atoms with Gasteiger partial charge in [0.05, 0.1) is 17.3 Å². The fourth-order valence-electron chi connectivity index (χ4n) is 5.21. The smallest absolute Gasteiger partial charge is 0.266 e. The van der Waals surface area contributed by atoms with Crippen LogP contribution in [0, 0.1) is 5.82 Å². The van der Waals surface area contributed by atoms with Crippen LogP contribution in [0.25, 0.3) is 0 Å². The average molecular weight is 715 g/mol. The molecule has 0 bridgehead atoms. The fourth-order valence-corrected chi connectivity index (χ4v) is 7.10. The second kappa shape index (κ2) is 15.9. The van der Waals surface area contributed by atoms with Gasteiger partial charge in [0.2, 0.25) is 5.90 Å². The van der Waals surface area contributed by atoms with Gasteiger partial charge in [-0.25, -0.2) is 23.2 Å². The van der Waals surface area contributed by atoms with Gasteiger partial charge in [0.25, 0.3) is 5.91 Å². The van der Waals surface area contributed by atoms with E-state index >= 15 is 0 Å². The Kier molecular flexibility index (Phi) is 11.7. The number of hydrogen-bond acceptors (Lipinski definition) is 8. The molecule has 0 saturated carbocycles. The van der Waals surface area contributed by atoms with E-state index in [2.05, 4.69) is 10.9 Å². The van der Waals surface area contributed by atoms with Gasteiger partial charge in [-0.3, -0.25) is 10.2 Å². The summed E-state index contributed by atoms with van der Waals surface area (Å²) in [7, 11) is -3.85. The van der Waals surface area contributed by atoms with Crippen molar-refractivity contribution in [2.45, 2.75) is 35.8 Å². The zero-order valence-electron chi connectivity index (χ0n) is 25.7. The Morgan fingerprint density at radius 1 is 1.00 bits per heavy atom. The maximum Gasteiger partial charge on any atom is 0.266 e. The number of amides is 1. The van der Waals surface area contributed by atoms with Gasteiger partial charge in [0.15, 0.2) is 21.5 Å². The van der Waals surface area contributed by atoms with Crippen LogP contribution in [-0.4, -0.2) is 56.4 Å². The van der Waals surface area contributed by atoms with E-state index in [1.54, 1.807) is 66.7 Å². The van der Waals surface area contributed by atoms with Crippen molar-refractivity contribution in [1.82, 2.24) is 10.9 Å².